The Kier molecular flexibility index (Phi) is 5.07. The second-order valence-electron chi connectivity index (χ2n) is 6.93. The van der Waals surface area contributed by atoms with Crippen LogP contribution in [0.1, 0.15) is 49.2 Å². The molecule has 0 aliphatic heterocycles. The number of amides is 1. The Balaban J connectivity index is 1.85. The second-order valence-corrected chi connectivity index (χ2v) is 6.93. The highest BCUT2D eigenvalue weighted by Gasteiger charge is 2.39. The maximum Gasteiger partial charge on any atom is 0.435 e. The minimum atomic E-state index is -4.44. The van der Waals surface area contributed by atoms with E-state index in [9.17, 15) is 18.0 Å². The zero-order valence-electron chi connectivity index (χ0n) is 14.9. The molecule has 0 fully saturated rings. The molecule has 4 nitrogen and oxygen atoms in total. The highest BCUT2D eigenvalue weighted by molar-refractivity contribution is 5.77. The van der Waals surface area contributed by atoms with Gasteiger partial charge in [-0.15, -0.1) is 0 Å². The Morgan fingerprint density at radius 1 is 1.19 bits per heavy atom. The van der Waals surface area contributed by atoms with Crippen LogP contribution >= 0.6 is 0 Å². The Labute approximate surface area is 150 Å². The van der Waals surface area contributed by atoms with Gasteiger partial charge in [-0.2, -0.15) is 18.3 Å². The molecule has 0 spiro atoms. The fourth-order valence-electron chi connectivity index (χ4n) is 3.19. The predicted octanol–water partition coefficient (Wildman–Crippen LogP) is 4.04. The summed E-state index contributed by atoms with van der Waals surface area (Å²) >= 11 is 0. The summed E-state index contributed by atoms with van der Waals surface area (Å²) < 4.78 is 41.3. The van der Waals surface area contributed by atoms with E-state index in [1.54, 1.807) is 24.3 Å². The lowest BCUT2D eigenvalue weighted by atomic mass is 9.95. The third-order valence-corrected chi connectivity index (χ3v) is 4.62. The quantitative estimate of drug-likeness (QED) is 0.889. The largest absolute Gasteiger partial charge is 0.435 e. The van der Waals surface area contributed by atoms with Crippen molar-refractivity contribution in [2.45, 2.75) is 52.3 Å². The van der Waals surface area contributed by atoms with Crippen LogP contribution in [-0.2, 0) is 30.4 Å². The van der Waals surface area contributed by atoms with Gasteiger partial charge in [0.15, 0.2) is 5.69 Å². The summed E-state index contributed by atoms with van der Waals surface area (Å²) in [5.74, 6) is -0.129. The molecular weight excluding hydrogens is 343 g/mol. The first-order chi connectivity index (χ1) is 12.3. The van der Waals surface area contributed by atoms with Crippen LogP contribution < -0.4 is 5.32 Å². The minimum Gasteiger partial charge on any atom is -0.352 e. The second kappa shape index (κ2) is 7.13. The molecule has 26 heavy (non-hydrogen) atoms. The SMILES string of the molecule is CC(C)C(=O)NCc1ccc(-n2nc(C(F)(F)F)c3c2CCCC3)cc1. The van der Waals surface area contributed by atoms with E-state index in [4.69, 9.17) is 0 Å². The number of fused-ring (bicyclic) bond motifs is 1. The van der Waals surface area contributed by atoms with Crippen LogP contribution in [0.2, 0.25) is 0 Å². The molecule has 0 saturated heterocycles. The van der Waals surface area contributed by atoms with Gasteiger partial charge < -0.3 is 5.32 Å². The number of benzene rings is 1. The molecule has 1 N–H and O–H groups in total. The number of nitrogens with one attached hydrogen (secondary N) is 1. The van der Waals surface area contributed by atoms with Gasteiger partial charge >= 0.3 is 6.18 Å². The Hall–Kier alpha value is -2.31. The van der Waals surface area contributed by atoms with Gasteiger partial charge in [0, 0.05) is 23.7 Å². The predicted molar refractivity (Wildman–Crippen MR) is 91.9 cm³/mol. The van der Waals surface area contributed by atoms with Crippen molar-refractivity contribution < 1.29 is 18.0 Å². The molecule has 2 aromatic rings. The fourth-order valence-corrected chi connectivity index (χ4v) is 3.19. The summed E-state index contributed by atoms with van der Waals surface area (Å²) in [4.78, 5) is 11.6. The van der Waals surface area contributed by atoms with E-state index in [0.717, 1.165) is 18.4 Å². The minimum absolute atomic E-state index is 0.0370. The van der Waals surface area contributed by atoms with Gasteiger partial charge in [-0.05, 0) is 43.4 Å². The molecule has 0 bridgehead atoms. The maximum atomic E-state index is 13.3. The summed E-state index contributed by atoms with van der Waals surface area (Å²) in [6.45, 7) is 4.03. The van der Waals surface area contributed by atoms with Crippen LogP contribution in [0.3, 0.4) is 0 Å². The van der Waals surface area contributed by atoms with Gasteiger partial charge in [0.05, 0.1) is 5.69 Å². The van der Waals surface area contributed by atoms with Crippen LogP contribution in [-0.4, -0.2) is 15.7 Å². The standard InChI is InChI=1S/C19H22F3N3O/c1-12(2)18(26)23-11-13-7-9-14(10-8-13)25-16-6-4-3-5-15(16)17(24-25)19(20,21)22/h7-10,12H,3-6,11H2,1-2H3,(H,23,26). The van der Waals surface area contributed by atoms with E-state index in [1.807, 2.05) is 13.8 Å². The lowest BCUT2D eigenvalue weighted by Crippen LogP contribution is -2.27. The summed E-state index contributed by atoms with van der Waals surface area (Å²) in [6, 6.07) is 7.11. The van der Waals surface area contributed by atoms with Crippen molar-refractivity contribution in [3.8, 4) is 5.69 Å². The highest BCUT2D eigenvalue weighted by atomic mass is 19.4. The van der Waals surface area contributed by atoms with Crippen molar-refractivity contribution in [1.82, 2.24) is 15.1 Å². The number of nitrogens with zero attached hydrogens (tertiary/aromatic N) is 2. The monoisotopic (exact) mass is 365 g/mol. The molecule has 0 unspecified atom stereocenters. The van der Waals surface area contributed by atoms with Crippen LogP contribution in [0, 0.1) is 5.92 Å². The molecule has 0 saturated carbocycles. The average Bonchev–Trinajstić information content (AvgIpc) is 3.00. The molecular formula is C19H22F3N3O. The first-order valence-corrected chi connectivity index (χ1v) is 8.82. The van der Waals surface area contributed by atoms with Gasteiger partial charge in [-0.1, -0.05) is 26.0 Å². The number of hydrogen-bond donors (Lipinski definition) is 1. The zero-order chi connectivity index (χ0) is 18.9. The molecule has 0 radical (unpaired) electrons. The summed E-state index contributed by atoms with van der Waals surface area (Å²) in [5.41, 5.74) is 1.72. The van der Waals surface area contributed by atoms with Crippen molar-refractivity contribution in [2.24, 2.45) is 5.92 Å². The number of carbonyl (C=O) groups excluding carboxylic acids is 1. The van der Waals surface area contributed by atoms with Crippen molar-refractivity contribution in [2.75, 3.05) is 0 Å². The van der Waals surface area contributed by atoms with Crippen molar-refractivity contribution >= 4 is 5.91 Å². The molecule has 1 heterocycles. The van der Waals surface area contributed by atoms with Crippen LogP contribution in [0.15, 0.2) is 24.3 Å². The molecule has 3 rings (SSSR count). The third-order valence-electron chi connectivity index (χ3n) is 4.62. The van der Waals surface area contributed by atoms with Gasteiger partial charge in [-0.3, -0.25) is 4.79 Å². The first kappa shape index (κ1) is 18.5. The van der Waals surface area contributed by atoms with E-state index in [-0.39, 0.29) is 11.8 Å². The number of hydrogen-bond acceptors (Lipinski definition) is 2. The van der Waals surface area contributed by atoms with E-state index in [0.29, 0.717) is 36.3 Å². The lowest BCUT2D eigenvalue weighted by molar-refractivity contribution is -0.142. The molecule has 1 aliphatic carbocycles. The van der Waals surface area contributed by atoms with Gasteiger partial charge in [0.2, 0.25) is 5.91 Å². The molecule has 1 aliphatic rings. The van der Waals surface area contributed by atoms with Gasteiger partial charge in [0.25, 0.3) is 0 Å². The zero-order valence-corrected chi connectivity index (χ0v) is 14.9. The van der Waals surface area contributed by atoms with E-state index in [2.05, 4.69) is 10.4 Å². The fraction of sp³-hybridized carbons (Fsp3) is 0.474. The summed E-state index contributed by atoms with van der Waals surface area (Å²) in [6.07, 6.45) is -1.78. The maximum absolute atomic E-state index is 13.3. The molecule has 7 heteroatoms. The van der Waals surface area contributed by atoms with E-state index in [1.165, 1.54) is 4.68 Å². The molecule has 1 aromatic carbocycles. The van der Waals surface area contributed by atoms with Gasteiger partial charge in [0.1, 0.15) is 0 Å². The molecule has 140 valence electrons. The lowest BCUT2D eigenvalue weighted by Gasteiger charge is -2.15. The molecule has 0 atom stereocenters. The third kappa shape index (κ3) is 3.76. The molecule has 1 amide bonds. The number of rotatable bonds is 4. The number of halogens is 3. The summed E-state index contributed by atoms with van der Waals surface area (Å²) in [7, 11) is 0. The Bertz CT molecular complexity index is 792. The van der Waals surface area contributed by atoms with Crippen LogP contribution in [0.25, 0.3) is 5.69 Å². The van der Waals surface area contributed by atoms with Crippen molar-refractivity contribution in [3.63, 3.8) is 0 Å². The van der Waals surface area contributed by atoms with Crippen LogP contribution in [0.5, 0.6) is 0 Å². The number of carbonyl (C=O) groups is 1. The van der Waals surface area contributed by atoms with Crippen LogP contribution in [0.4, 0.5) is 13.2 Å². The summed E-state index contributed by atoms with van der Waals surface area (Å²) in [5, 5.41) is 6.70. The Morgan fingerprint density at radius 2 is 1.85 bits per heavy atom. The topological polar surface area (TPSA) is 46.9 Å². The van der Waals surface area contributed by atoms with E-state index >= 15 is 0 Å². The highest BCUT2D eigenvalue weighted by Crippen LogP contribution is 2.36. The van der Waals surface area contributed by atoms with E-state index < -0.39 is 11.9 Å². The van der Waals surface area contributed by atoms with Gasteiger partial charge in [-0.25, -0.2) is 4.68 Å². The first-order valence-electron chi connectivity index (χ1n) is 8.82. The average molecular weight is 365 g/mol. The smallest absolute Gasteiger partial charge is 0.352 e. The Morgan fingerprint density at radius 3 is 2.46 bits per heavy atom. The normalized spacial score (nSPS) is 14.4. The van der Waals surface area contributed by atoms with Crippen molar-refractivity contribution in [3.05, 3.63) is 46.8 Å². The van der Waals surface area contributed by atoms with Crippen molar-refractivity contribution in [1.29, 1.82) is 0 Å². The number of aromatic nitrogens is 2. The molecule has 1 aromatic heterocycles. The number of alkyl halides is 3.